The average molecular weight is 432 g/mol. The van der Waals surface area contributed by atoms with Crippen molar-refractivity contribution in [2.24, 2.45) is 0 Å². The van der Waals surface area contributed by atoms with E-state index in [0.717, 1.165) is 18.9 Å². The van der Waals surface area contributed by atoms with Crippen LogP contribution in [0.15, 0.2) is 16.6 Å². The van der Waals surface area contributed by atoms with Crippen molar-refractivity contribution in [3.05, 3.63) is 28.0 Å². The van der Waals surface area contributed by atoms with E-state index in [0.29, 0.717) is 11.0 Å². The molecule has 26 heavy (non-hydrogen) atoms. The first-order valence-corrected chi connectivity index (χ1v) is 9.11. The molecule has 0 aromatic heterocycles. The summed E-state index contributed by atoms with van der Waals surface area (Å²) in [6.45, 7) is 6.24. The molecule has 1 atom stereocenters. The van der Waals surface area contributed by atoms with Gasteiger partial charge in [0.2, 0.25) is 0 Å². The Morgan fingerprint density at radius 3 is 2.65 bits per heavy atom. The Kier molecular flexibility index (Phi) is 6.49. The highest BCUT2D eigenvalue weighted by Gasteiger charge is 2.32. The summed E-state index contributed by atoms with van der Waals surface area (Å²) in [5.41, 5.74) is -0.746. The Labute approximate surface area is 160 Å². The predicted octanol–water partition coefficient (Wildman–Crippen LogP) is 4.15. The molecular formula is C18H23BrFNO5. The molecule has 1 aliphatic heterocycles. The van der Waals surface area contributed by atoms with Gasteiger partial charge in [0.25, 0.3) is 0 Å². The van der Waals surface area contributed by atoms with Gasteiger partial charge in [0.1, 0.15) is 23.8 Å². The highest BCUT2D eigenvalue weighted by Crippen LogP contribution is 2.30. The van der Waals surface area contributed by atoms with Gasteiger partial charge in [-0.05, 0) is 55.6 Å². The second-order valence-corrected chi connectivity index (χ2v) is 7.89. The maximum absolute atomic E-state index is 14.1. The van der Waals surface area contributed by atoms with Crippen LogP contribution in [0.3, 0.4) is 0 Å². The second kappa shape index (κ2) is 8.24. The summed E-state index contributed by atoms with van der Waals surface area (Å²) < 4.78 is 30.1. The number of rotatable bonds is 4. The van der Waals surface area contributed by atoms with Gasteiger partial charge in [-0.1, -0.05) is 0 Å². The number of nitrogens with zero attached hydrogens (tertiary/aromatic N) is 1. The molecule has 1 heterocycles. The number of hydrogen-bond donors (Lipinski definition) is 0. The van der Waals surface area contributed by atoms with Gasteiger partial charge in [-0.15, -0.1) is 0 Å². The Morgan fingerprint density at radius 2 is 2.04 bits per heavy atom. The molecule has 0 aliphatic carbocycles. The molecule has 6 nitrogen and oxygen atoms in total. The van der Waals surface area contributed by atoms with Crippen molar-refractivity contribution in [2.75, 3.05) is 20.3 Å². The van der Waals surface area contributed by atoms with Crippen molar-refractivity contribution in [3.8, 4) is 5.75 Å². The largest absolute Gasteiger partial charge is 0.490 e. The van der Waals surface area contributed by atoms with Crippen molar-refractivity contribution >= 4 is 28.0 Å². The zero-order valence-electron chi connectivity index (χ0n) is 15.3. The molecular weight excluding hydrogens is 409 g/mol. The topological polar surface area (TPSA) is 65.1 Å². The van der Waals surface area contributed by atoms with Gasteiger partial charge in [-0.25, -0.2) is 14.0 Å². The monoisotopic (exact) mass is 431 g/mol. The van der Waals surface area contributed by atoms with Crippen molar-refractivity contribution in [1.82, 2.24) is 4.90 Å². The lowest BCUT2D eigenvalue weighted by Crippen LogP contribution is -2.42. The third-order valence-electron chi connectivity index (χ3n) is 3.86. The van der Waals surface area contributed by atoms with Crippen LogP contribution in [0, 0.1) is 5.82 Å². The summed E-state index contributed by atoms with van der Waals surface area (Å²) in [6, 6.07) is 2.29. The molecule has 0 saturated carbocycles. The third-order valence-corrected chi connectivity index (χ3v) is 4.48. The molecule has 0 radical (unpaired) electrons. The number of amides is 1. The van der Waals surface area contributed by atoms with Crippen molar-refractivity contribution in [2.45, 2.75) is 45.3 Å². The maximum atomic E-state index is 14.1. The highest BCUT2D eigenvalue weighted by molar-refractivity contribution is 9.10. The maximum Gasteiger partial charge on any atom is 0.410 e. The molecule has 1 aromatic carbocycles. The Hall–Kier alpha value is -1.83. The first kappa shape index (κ1) is 20.5. The summed E-state index contributed by atoms with van der Waals surface area (Å²) in [7, 11) is 1.19. The van der Waals surface area contributed by atoms with E-state index in [1.54, 1.807) is 4.90 Å². The molecule has 8 heteroatoms. The predicted molar refractivity (Wildman–Crippen MR) is 96.9 cm³/mol. The van der Waals surface area contributed by atoms with Crippen molar-refractivity contribution < 1.29 is 28.2 Å². The molecule has 144 valence electrons. The summed E-state index contributed by atoms with van der Waals surface area (Å²) in [6.07, 6.45) is 1.25. The number of esters is 1. The number of ether oxygens (including phenoxy) is 3. The van der Waals surface area contributed by atoms with E-state index in [1.165, 1.54) is 13.2 Å². The van der Waals surface area contributed by atoms with E-state index in [2.05, 4.69) is 20.7 Å². The van der Waals surface area contributed by atoms with Crippen LogP contribution >= 0.6 is 15.9 Å². The Balaban J connectivity index is 2.05. The summed E-state index contributed by atoms with van der Waals surface area (Å²) >= 11 is 3.27. The van der Waals surface area contributed by atoms with Crippen molar-refractivity contribution in [1.29, 1.82) is 0 Å². The lowest BCUT2D eigenvalue weighted by atomic mass is 10.2. The molecule has 1 aliphatic rings. The smallest absolute Gasteiger partial charge is 0.410 e. The number of carbonyl (C=O) groups is 2. The van der Waals surface area contributed by atoms with Gasteiger partial charge >= 0.3 is 12.1 Å². The van der Waals surface area contributed by atoms with E-state index < -0.39 is 17.4 Å². The molecule has 2 rings (SSSR count). The fourth-order valence-corrected chi connectivity index (χ4v) is 3.12. The molecule has 1 saturated heterocycles. The van der Waals surface area contributed by atoms with Crippen LogP contribution in [-0.4, -0.2) is 48.9 Å². The van der Waals surface area contributed by atoms with Gasteiger partial charge in [-0.2, -0.15) is 0 Å². The molecule has 0 spiro atoms. The lowest BCUT2D eigenvalue weighted by molar-refractivity contribution is 0.0186. The van der Waals surface area contributed by atoms with Gasteiger partial charge < -0.3 is 19.1 Å². The van der Waals surface area contributed by atoms with Crippen LogP contribution in [0.2, 0.25) is 0 Å². The van der Waals surface area contributed by atoms with E-state index >= 15 is 0 Å². The Bertz CT molecular complexity index is 689. The van der Waals surface area contributed by atoms with Crippen LogP contribution in [-0.2, 0) is 9.47 Å². The van der Waals surface area contributed by atoms with Gasteiger partial charge in [0.05, 0.1) is 23.2 Å². The standard InChI is InChI=1S/C18H23BrFNO5/c1-18(2,3)26-17(23)21-7-5-6-11(21)10-25-15-9-14(20)12(8-13(15)19)16(22)24-4/h8-9,11H,5-7,10H2,1-4H3/t11-/m1/s1. The molecule has 1 aromatic rings. The summed E-state index contributed by atoms with van der Waals surface area (Å²) in [5.74, 6) is -1.24. The Morgan fingerprint density at radius 1 is 1.35 bits per heavy atom. The number of benzene rings is 1. The number of halogens is 2. The van der Waals surface area contributed by atoms with E-state index in [1.807, 2.05) is 20.8 Å². The molecule has 1 fully saturated rings. The second-order valence-electron chi connectivity index (χ2n) is 7.03. The minimum atomic E-state index is -0.762. The third kappa shape index (κ3) is 5.09. The van der Waals surface area contributed by atoms with Crippen LogP contribution in [0.1, 0.15) is 44.0 Å². The fraction of sp³-hybridized carbons (Fsp3) is 0.556. The summed E-state index contributed by atoms with van der Waals surface area (Å²) in [4.78, 5) is 25.4. The summed E-state index contributed by atoms with van der Waals surface area (Å²) in [5, 5.41) is 0. The minimum Gasteiger partial charge on any atom is -0.490 e. The van der Waals surface area contributed by atoms with Crippen LogP contribution < -0.4 is 4.74 Å². The van der Waals surface area contributed by atoms with E-state index in [9.17, 15) is 14.0 Å². The first-order chi connectivity index (χ1) is 12.1. The molecule has 0 bridgehead atoms. The number of carbonyl (C=O) groups excluding carboxylic acids is 2. The quantitative estimate of drug-likeness (QED) is 0.669. The van der Waals surface area contributed by atoms with Crippen LogP contribution in [0.25, 0.3) is 0 Å². The highest BCUT2D eigenvalue weighted by atomic mass is 79.9. The average Bonchev–Trinajstić information content (AvgIpc) is 3.01. The molecule has 0 N–H and O–H groups in total. The van der Waals surface area contributed by atoms with E-state index in [-0.39, 0.29) is 30.1 Å². The molecule has 0 unspecified atom stereocenters. The SMILES string of the molecule is COC(=O)c1cc(Br)c(OC[C@H]2CCCN2C(=O)OC(C)(C)C)cc1F. The van der Waals surface area contributed by atoms with Gasteiger partial charge in [0.15, 0.2) is 0 Å². The minimum absolute atomic E-state index is 0.153. The molecule has 1 amide bonds. The normalized spacial score (nSPS) is 17.2. The van der Waals surface area contributed by atoms with Crippen LogP contribution in [0.5, 0.6) is 5.75 Å². The number of methoxy groups -OCH3 is 1. The van der Waals surface area contributed by atoms with Gasteiger partial charge in [-0.3, -0.25) is 0 Å². The zero-order valence-corrected chi connectivity index (χ0v) is 16.9. The number of likely N-dealkylation sites (tertiary alicyclic amines) is 1. The zero-order chi connectivity index (χ0) is 19.5. The first-order valence-electron chi connectivity index (χ1n) is 8.32. The number of hydrogen-bond acceptors (Lipinski definition) is 5. The lowest BCUT2D eigenvalue weighted by Gasteiger charge is -2.28. The fourth-order valence-electron chi connectivity index (χ4n) is 2.66. The van der Waals surface area contributed by atoms with Crippen molar-refractivity contribution in [3.63, 3.8) is 0 Å². The van der Waals surface area contributed by atoms with Crippen LogP contribution in [0.4, 0.5) is 9.18 Å². The van der Waals surface area contributed by atoms with Gasteiger partial charge in [0, 0.05) is 12.6 Å². The van der Waals surface area contributed by atoms with E-state index in [4.69, 9.17) is 9.47 Å².